The van der Waals surface area contributed by atoms with Gasteiger partial charge in [-0.25, -0.2) is 9.97 Å². The van der Waals surface area contributed by atoms with Crippen molar-refractivity contribution in [3.63, 3.8) is 0 Å². The Morgan fingerprint density at radius 2 is 1.42 bits per heavy atom. The maximum atomic E-state index is 4.96. The Morgan fingerprint density at radius 3 is 1.97 bits per heavy atom. The molecule has 2 heterocycles. The van der Waals surface area contributed by atoms with E-state index >= 15 is 0 Å². The SMILES string of the molecule is CCN(CC)CCN(CC)c1nc(C)nc2c1c(C)c(C)n2-c1c(C)cc(C)cc1C. The topological polar surface area (TPSA) is 37.2 Å². The van der Waals surface area contributed by atoms with Gasteiger partial charge in [-0.2, -0.15) is 0 Å². The molecule has 5 heteroatoms. The van der Waals surface area contributed by atoms with Gasteiger partial charge >= 0.3 is 0 Å². The zero-order valence-electron chi connectivity index (χ0n) is 20.9. The predicted molar refractivity (Wildman–Crippen MR) is 133 cm³/mol. The summed E-state index contributed by atoms with van der Waals surface area (Å²) in [5, 5.41) is 1.18. The van der Waals surface area contributed by atoms with Gasteiger partial charge in [-0.3, -0.25) is 4.57 Å². The van der Waals surface area contributed by atoms with Crippen LogP contribution in [0.3, 0.4) is 0 Å². The Morgan fingerprint density at radius 1 is 0.806 bits per heavy atom. The molecule has 0 bridgehead atoms. The van der Waals surface area contributed by atoms with Crippen molar-refractivity contribution in [1.29, 1.82) is 0 Å². The van der Waals surface area contributed by atoms with E-state index in [1.165, 1.54) is 39.0 Å². The first kappa shape index (κ1) is 23.3. The average molecular weight is 422 g/mol. The Bertz CT molecular complexity index is 1050. The van der Waals surface area contributed by atoms with Crippen molar-refractivity contribution in [3.8, 4) is 5.69 Å². The third kappa shape index (κ3) is 4.33. The summed E-state index contributed by atoms with van der Waals surface area (Å²) in [6, 6.07) is 4.53. The number of likely N-dealkylation sites (N-methyl/N-ethyl adjacent to an activating group) is 2. The normalized spacial score (nSPS) is 11.7. The molecule has 0 radical (unpaired) electrons. The molecular weight excluding hydrogens is 382 g/mol. The van der Waals surface area contributed by atoms with Crippen molar-refractivity contribution in [2.45, 2.75) is 62.3 Å². The maximum absolute atomic E-state index is 4.96. The van der Waals surface area contributed by atoms with Crippen LogP contribution in [0, 0.1) is 41.5 Å². The molecule has 0 amide bonds. The fourth-order valence-corrected chi connectivity index (χ4v) is 4.79. The van der Waals surface area contributed by atoms with Gasteiger partial charge < -0.3 is 9.80 Å². The van der Waals surface area contributed by atoms with Gasteiger partial charge in [-0.1, -0.05) is 31.5 Å². The predicted octanol–water partition coefficient (Wildman–Crippen LogP) is 5.44. The van der Waals surface area contributed by atoms with Gasteiger partial charge in [0.1, 0.15) is 11.6 Å². The summed E-state index contributed by atoms with van der Waals surface area (Å²) in [4.78, 5) is 14.8. The molecule has 0 atom stereocenters. The van der Waals surface area contributed by atoms with Crippen molar-refractivity contribution in [1.82, 2.24) is 19.4 Å². The second kappa shape index (κ2) is 9.39. The lowest BCUT2D eigenvalue weighted by Crippen LogP contribution is -2.35. The second-order valence-corrected chi connectivity index (χ2v) is 8.69. The molecule has 0 fully saturated rings. The van der Waals surface area contributed by atoms with Crippen LogP contribution < -0.4 is 4.90 Å². The van der Waals surface area contributed by atoms with E-state index in [2.05, 4.69) is 81.9 Å². The molecule has 3 aromatic rings. The fourth-order valence-electron chi connectivity index (χ4n) is 4.79. The number of rotatable bonds is 8. The van der Waals surface area contributed by atoms with E-state index in [0.717, 1.165) is 50.0 Å². The van der Waals surface area contributed by atoms with Crippen LogP contribution in [0.5, 0.6) is 0 Å². The molecule has 0 N–H and O–H groups in total. The Balaban J connectivity index is 2.22. The van der Waals surface area contributed by atoms with E-state index in [1.807, 2.05) is 6.92 Å². The summed E-state index contributed by atoms with van der Waals surface area (Å²) < 4.78 is 2.35. The molecular formula is C26H39N5. The maximum Gasteiger partial charge on any atom is 0.150 e. The number of benzene rings is 1. The molecule has 0 aliphatic rings. The summed E-state index contributed by atoms with van der Waals surface area (Å²) in [6.07, 6.45) is 0. The van der Waals surface area contributed by atoms with Crippen LogP contribution in [0.4, 0.5) is 5.82 Å². The van der Waals surface area contributed by atoms with Gasteiger partial charge in [0.05, 0.1) is 11.1 Å². The van der Waals surface area contributed by atoms with Gasteiger partial charge in [0, 0.05) is 25.3 Å². The molecule has 31 heavy (non-hydrogen) atoms. The smallest absolute Gasteiger partial charge is 0.150 e. The van der Waals surface area contributed by atoms with Gasteiger partial charge in [0.2, 0.25) is 0 Å². The van der Waals surface area contributed by atoms with Gasteiger partial charge in [-0.05, 0) is 78.2 Å². The fraction of sp³-hybridized carbons (Fsp3) is 0.538. The first-order chi connectivity index (χ1) is 14.7. The monoisotopic (exact) mass is 421 g/mol. The average Bonchev–Trinajstić information content (AvgIpc) is 2.95. The molecule has 0 unspecified atom stereocenters. The van der Waals surface area contributed by atoms with Crippen molar-refractivity contribution in [3.05, 3.63) is 45.9 Å². The third-order valence-corrected chi connectivity index (χ3v) is 6.57. The third-order valence-electron chi connectivity index (χ3n) is 6.57. The molecule has 0 spiro atoms. The first-order valence-corrected chi connectivity index (χ1v) is 11.6. The van der Waals surface area contributed by atoms with Gasteiger partial charge in [-0.15, -0.1) is 0 Å². The number of aryl methyl sites for hydroxylation is 5. The lowest BCUT2D eigenvalue weighted by atomic mass is 10.0. The van der Waals surface area contributed by atoms with E-state index in [-0.39, 0.29) is 0 Å². The highest BCUT2D eigenvalue weighted by molar-refractivity contribution is 5.94. The number of nitrogens with zero attached hydrogens (tertiary/aromatic N) is 5. The van der Waals surface area contributed by atoms with Crippen molar-refractivity contribution < 1.29 is 0 Å². The zero-order valence-corrected chi connectivity index (χ0v) is 20.9. The molecule has 0 aliphatic heterocycles. The summed E-state index contributed by atoms with van der Waals surface area (Å²) in [5.74, 6) is 1.89. The van der Waals surface area contributed by atoms with Crippen LogP contribution in [0.15, 0.2) is 12.1 Å². The van der Waals surface area contributed by atoms with Crippen LogP contribution in [0.2, 0.25) is 0 Å². The second-order valence-electron chi connectivity index (χ2n) is 8.69. The van der Waals surface area contributed by atoms with E-state index in [0.29, 0.717) is 0 Å². The number of hydrogen-bond acceptors (Lipinski definition) is 4. The number of anilines is 1. The summed E-state index contributed by atoms with van der Waals surface area (Å²) in [5.41, 5.74) is 8.64. The highest BCUT2D eigenvalue weighted by atomic mass is 15.2. The summed E-state index contributed by atoms with van der Waals surface area (Å²) in [6.45, 7) is 24.8. The summed E-state index contributed by atoms with van der Waals surface area (Å²) >= 11 is 0. The standard InChI is InChI=1S/C26H39N5/c1-10-29(11-2)13-14-30(12-3)25-23-20(7)21(8)31(26(23)28-22(9)27-25)24-18(5)15-17(4)16-19(24)6/h15-16H,10-14H2,1-9H3. The Labute approximate surface area is 188 Å². The minimum atomic E-state index is 0.824. The van der Waals surface area contributed by atoms with Gasteiger partial charge in [0.25, 0.3) is 0 Å². The molecule has 0 aliphatic carbocycles. The van der Waals surface area contributed by atoms with Gasteiger partial charge in [0.15, 0.2) is 5.65 Å². The number of aromatic nitrogens is 3. The molecule has 5 nitrogen and oxygen atoms in total. The van der Waals surface area contributed by atoms with E-state index in [4.69, 9.17) is 9.97 Å². The first-order valence-electron chi connectivity index (χ1n) is 11.6. The largest absolute Gasteiger partial charge is 0.355 e. The van der Waals surface area contributed by atoms with E-state index in [1.54, 1.807) is 0 Å². The lowest BCUT2D eigenvalue weighted by Gasteiger charge is -2.27. The number of fused-ring (bicyclic) bond motifs is 1. The summed E-state index contributed by atoms with van der Waals surface area (Å²) in [7, 11) is 0. The molecule has 0 saturated heterocycles. The lowest BCUT2D eigenvalue weighted by molar-refractivity contribution is 0.309. The molecule has 168 valence electrons. The van der Waals surface area contributed by atoms with Crippen molar-refractivity contribution >= 4 is 16.9 Å². The van der Waals surface area contributed by atoms with Crippen LogP contribution in [-0.2, 0) is 0 Å². The number of hydrogen-bond donors (Lipinski definition) is 0. The minimum Gasteiger partial charge on any atom is -0.355 e. The van der Waals surface area contributed by atoms with Crippen LogP contribution in [0.1, 0.15) is 54.5 Å². The molecule has 1 aromatic carbocycles. The van der Waals surface area contributed by atoms with Crippen LogP contribution >= 0.6 is 0 Å². The van der Waals surface area contributed by atoms with Crippen molar-refractivity contribution in [2.24, 2.45) is 0 Å². The van der Waals surface area contributed by atoms with E-state index in [9.17, 15) is 0 Å². The minimum absolute atomic E-state index is 0.824. The quantitative estimate of drug-likeness (QED) is 0.485. The zero-order chi connectivity index (χ0) is 22.9. The molecule has 0 saturated carbocycles. The van der Waals surface area contributed by atoms with Crippen LogP contribution in [0.25, 0.3) is 16.7 Å². The molecule has 2 aromatic heterocycles. The van der Waals surface area contributed by atoms with E-state index < -0.39 is 0 Å². The highest BCUT2D eigenvalue weighted by Gasteiger charge is 2.23. The highest BCUT2D eigenvalue weighted by Crippen LogP contribution is 2.35. The molecule has 3 rings (SSSR count). The Kier molecular flexibility index (Phi) is 7.05. The van der Waals surface area contributed by atoms with Crippen molar-refractivity contribution in [2.75, 3.05) is 37.6 Å². The Hall–Kier alpha value is -2.40. The van der Waals surface area contributed by atoms with Crippen LogP contribution in [-0.4, -0.2) is 52.2 Å².